The number of halogens is 1. The monoisotopic (exact) mass is 235 g/mol. The molecule has 2 unspecified atom stereocenters. The highest BCUT2D eigenvalue weighted by Crippen LogP contribution is 2.23. The van der Waals surface area contributed by atoms with Gasteiger partial charge in [0, 0.05) is 12.6 Å². The number of carbonyl (C=O) groups excluding carboxylic acids is 2. The van der Waals surface area contributed by atoms with E-state index in [-0.39, 0.29) is 18.4 Å². The average Bonchev–Trinajstić information content (AvgIpc) is 2.45. The Balaban J connectivity index is 0.00000196. The molecule has 1 saturated heterocycles. The van der Waals surface area contributed by atoms with Gasteiger partial charge in [-0.15, -0.1) is 12.4 Å². The number of amides is 1. The lowest BCUT2D eigenvalue weighted by atomic mass is 10.1. The second-order valence-electron chi connectivity index (χ2n) is 3.64. The van der Waals surface area contributed by atoms with Crippen LogP contribution in [0.2, 0.25) is 0 Å². The molecule has 1 rings (SSSR count). The lowest BCUT2D eigenvalue weighted by Gasteiger charge is -2.21. The molecule has 5 nitrogen and oxygen atoms in total. The SMILES string of the molecule is CC1CCN(C(=O)C(=O)C(=O)O)C1C.Cl. The van der Waals surface area contributed by atoms with Crippen molar-refractivity contribution >= 4 is 30.1 Å². The van der Waals surface area contributed by atoms with Crippen LogP contribution in [0.1, 0.15) is 20.3 Å². The van der Waals surface area contributed by atoms with E-state index in [4.69, 9.17) is 5.11 Å². The molecule has 0 aromatic carbocycles. The summed E-state index contributed by atoms with van der Waals surface area (Å²) in [6.45, 7) is 4.27. The van der Waals surface area contributed by atoms with Gasteiger partial charge in [0.15, 0.2) is 0 Å². The number of nitrogens with zero attached hydrogens (tertiary/aromatic N) is 1. The highest BCUT2D eigenvalue weighted by Gasteiger charge is 2.36. The average molecular weight is 236 g/mol. The zero-order chi connectivity index (χ0) is 10.9. The van der Waals surface area contributed by atoms with Gasteiger partial charge < -0.3 is 10.0 Å². The Morgan fingerprint density at radius 3 is 2.13 bits per heavy atom. The van der Waals surface area contributed by atoms with E-state index in [1.54, 1.807) is 0 Å². The first-order chi connectivity index (χ1) is 6.45. The van der Waals surface area contributed by atoms with Crippen molar-refractivity contribution in [1.82, 2.24) is 4.90 Å². The molecule has 1 heterocycles. The van der Waals surface area contributed by atoms with Crippen LogP contribution in [-0.2, 0) is 14.4 Å². The summed E-state index contributed by atoms with van der Waals surface area (Å²) in [7, 11) is 0. The second-order valence-corrected chi connectivity index (χ2v) is 3.64. The lowest BCUT2D eigenvalue weighted by Crippen LogP contribution is -2.42. The van der Waals surface area contributed by atoms with Gasteiger partial charge in [-0.3, -0.25) is 9.59 Å². The van der Waals surface area contributed by atoms with Crippen molar-refractivity contribution in [2.45, 2.75) is 26.3 Å². The molecule has 1 amide bonds. The summed E-state index contributed by atoms with van der Waals surface area (Å²) in [5, 5.41) is 8.37. The maximum absolute atomic E-state index is 11.3. The van der Waals surface area contributed by atoms with E-state index in [9.17, 15) is 14.4 Å². The first kappa shape index (κ1) is 13.9. The molecule has 1 aliphatic rings. The normalized spacial score (nSPS) is 24.5. The molecule has 0 radical (unpaired) electrons. The summed E-state index contributed by atoms with van der Waals surface area (Å²) in [5.74, 6) is -3.59. The third-order valence-electron chi connectivity index (χ3n) is 2.79. The molecule has 15 heavy (non-hydrogen) atoms. The fourth-order valence-electron chi connectivity index (χ4n) is 1.60. The van der Waals surface area contributed by atoms with E-state index in [0.717, 1.165) is 6.42 Å². The van der Waals surface area contributed by atoms with Crippen molar-refractivity contribution in [3.63, 3.8) is 0 Å². The Hall–Kier alpha value is -1.10. The highest BCUT2D eigenvalue weighted by atomic mass is 35.5. The van der Waals surface area contributed by atoms with Crippen molar-refractivity contribution in [2.24, 2.45) is 5.92 Å². The summed E-state index contributed by atoms with van der Waals surface area (Å²) in [6.07, 6.45) is 0.819. The quantitative estimate of drug-likeness (QED) is 0.553. The van der Waals surface area contributed by atoms with Crippen LogP contribution < -0.4 is 0 Å². The van der Waals surface area contributed by atoms with E-state index in [1.807, 2.05) is 13.8 Å². The van der Waals surface area contributed by atoms with Gasteiger partial charge in [-0.1, -0.05) is 6.92 Å². The molecule has 1 aliphatic heterocycles. The number of aliphatic carboxylic acids is 1. The van der Waals surface area contributed by atoms with Crippen molar-refractivity contribution < 1.29 is 19.5 Å². The minimum atomic E-state index is -1.68. The van der Waals surface area contributed by atoms with Crippen LogP contribution in [0.25, 0.3) is 0 Å². The fraction of sp³-hybridized carbons (Fsp3) is 0.667. The van der Waals surface area contributed by atoms with Gasteiger partial charge in [0.05, 0.1) is 0 Å². The number of ketones is 1. The van der Waals surface area contributed by atoms with E-state index < -0.39 is 17.7 Å². The number of carboxylic acids is 1. The topological polar surface area (TPSA) is 74.7 Å². The number of Topliss-reactive ketones (excluding diaryl/α,β-unsaturated/α-hetero) is 1. The van der Waals surface area contributed by atoms with Gasteiger partial charge in [-0.25, -0.2) is 4.79 Å². The molecule has 2 atom stereocenters. The third kappa shape index (κ3) is 2.68. The summed E-state index contributed by atoms with van der Waals surface area (Å²) in [4.78, 5) is 33.9. The number of likely N-dealkylation sites (tertiary alicyclic amines) is 1. The molecule has 0 aromatic heterocycles. The number of carbonyl (C=O) groups is 3. The van der Waals surface area contributed by atoms with Crippen molar-refractivity contribution in [2.75, 3.05) is 6.54 Å². The van der Waals surface area contributed by atoms with Gasteiger partial charge in [0.2, 0.25) is 0 Å². The van der Waals surface area contributed by atoms with Crippen LogP contribution in [0.4, 0.5) is 0 Å². The van der Waals surface area contributed by atoms with Crippen LogP contribution in [-0.4, -0.2) is 40.3 Å². The Kier molecular flexibility index (Phi) is 4.74. The minimum Gasteiger partial charge on any atom is -0.475 e. The molecule has 0 saturated carbocycles. The molecule has 0 aliphatic carbocycles. The van der Waals surface area contributed by atoms with Crippen molar-refractivity contribution in [3.05, 3.63) is 0 Å². The summed E-state index contributed by atoms with van der Waals surface area (Å²) >= 11 is 0. The number of hydrogen-bond acceptors (Lipinski definition) is 3. The van der Waals surface area contributed by atoms with Gasteiger partial charge in [-0.2, -0.15) is 0 Å². The van der Waals surface area contributed by atoms with E-state index >= 15 is 0 Å². The van der Waals surface area contributed by atoms with Crippen molar-refractivity contribution in [3.8, 4) is 0 Å². The standard InChI is InChI=1S/C9H13NO4.ClH/c1-5-3-4-10(6(5)2)8(12)7(11)9(13)14;/h5-6H,3-4H2,1-2H3,(H,13,14);1H. The van der Waals surface area contributed by atoms with Crippen LogP contribution >= 0.6 is 12.4 Å². The number of carboxylic acid groups (broad SMARTS) is 1. The summed E-state index contributed by atoms with van der Waals surface area (Å²) < 4.78 is 0. The maximum atomic E-state index is 11.3. The molecular formula is C9H14ClNO4. The first-order valence-corrected chi connectivity index (χ1v) is 4.53. The smallest absolute Gasteiger partial charge is 0.382 e. The van der Waals surface area contributed by atoms with E-state index in [2.05, 4.69) is 0 Å². The predicted molar refractivity (Wildman–Crippen MR) is 54.8 cm³/mol. The largest absolute Gasteiger partial charge is 0.475 e. The third-order valence-corrected chi connectivity index (χ3v) is 2.79. The summed E-state index contributed by atoms with van der Waals surface area (Å²) in [6, 6.07) is -0.0502. The molecule has 0 aromatic rings. The van der Waals surface area contributed by atoms with E-state index in [1.165, 1.54) is 4.90 Å². The predicted octanol–water partition coefficient (Wildman–Crippen LogP) is 0.319. The molecule has 86 valence electrons. The second kappa shape index (κ2) is 5.11. The van der Waals surface area contributed by atoms with Crippen molar-refractivity contribution in [1.29, 1.82) is 0 Å². The van der Waals surface area contributed by atoms with Gasteiger partial charge >= 0.3 is 17.7 Å². The molecule has 1 fully saturated rings. The summed E-state index contributed by atoms with van der Waals surface area (Å²) in [5.41, 5.74) is 0. The van der Waals surface area contributed by atoms with Crippen LogP contribution in [0, 0.1) is 5.92 Å². The molecule has 1 N–H and O–H groups in total. The van der Waals surface area contributed by atoms with E-state index in [0.29, 0.717) is 12.5 Å². The van der Waals surface area contributed by atoms with Gasteiger partial charge in [0.1, 0.15) is 0 Å². The first-order valence-electron chi connectivity index (χ1n) is 4.53. The Labute approximate surface area is 93.8 Å². The molecular weight excluding hydrogens is 222 g/mol. The zero-order valence-electron chi connectivity index (χ0n) is 8.60. The Morgan fingerprint density at radius 2 is 1.80 bits per heavy atom. The zero-order valence-corrected chi connectivity index (χ0v) is 9.41. The van der Waals surface area contributed by atoms with Crippen LogP contribution in [0.5, 0.6) is 0 Å². The maximum Gasteiger partial charge on any atom is 0.382 e. The van der Waals surface area contributed by atoms with Gasteiger partial charge in [0.25, 0.3) is 0 Å². The molecule has 0 spiro atoms. The lowest BCUT2D eigenvalue weighted by molar-refractivity contribution is -0.156. The number of rotatable bonds is 2. The number of hydrogen-bond donors (Lipinski definition) is 1. The fourth-order valence-corrected chi connectivity index (χ4v) is 1.60. The van der Waals surface area contributed by atoms with Crippen LogP contribution in [0.3, 0.4) is 0 Å². The highest BCUT2D eigenvalue weighted by molar-refractivity contribution is 6.61. The Morgan fingerprint density at radius 1 is 1.27 bits per heavy atom. The Bertz CT molecular complexity index is 292. The molecule has 6 heteroatoms. The van der Waals surface area contributed by atoms with Gasteiger partial charge in [-0.05, 0) is 19.3 Å². The molecule has 0 bridgehead atoms. The van der Waals surface area contributed by atoms with Crippen LogP contribution in [0.15, 0.2) is 0 Å². The minimum absolute atomic E-state index is 0.